The molecule has 0 spiro atoms. The van der Waals surface area contributed by atoms with Crippen molar-refractivity contribution in [2.75, 3.05) is 61.1 Å². The first-order valence-corrected chi connectivity index (χ1v) is 10.8. The molecule has 3 aliphatic heterocycles. The second-order valence-electron chi connectivity index (χ2n) is 8.12. The van der Waals surface area contributed by atoms with E-state index in [4.69, 9.17) is 19.7 Å². The van der Waals surface area contributed by atoms with Crippen molar-refractivity contribution in [3.63, 3.8) is 0 Å². The Kier molecular flexibility index (Phi) is 13.0. The van der Waals surface area contributed by atoms with E-state index in [0.717, 1.165) is 70.0 Å². The summed E-state index contributed by atoms with van der Waals surface area (Å²) in [6.07, 6.45) is 8.94. The Morgan fingerprint density at radius 1 is 0.688 bits per heavy atom. The molecule has 0 unspecified atom stereocenters. The van der Waals surface area contributed by atoms with E-state index in [1.807, 2.05) is 0 Å². The lowest BCUT2D eigenvalue weighted by Gasteiger charge is -2.34. The van der Waals surface area contributed by atoms with E-state index in [0.29, 0.717) is 0 Å². The van der Waals surface area contributed by atoms with E-state index >= 15 is 0 Å². The van der Waals surface area contributed by atoms with Gasteiger partial charge in [0, 0.05) is 45.0 Å². The van der Waals surface area contributed by atoms with Gasteiger partial charge < -0.3 is 44.0 Å². The van der Waals surface area contributed by atoms with Crippen molar-refractivity contribution in [2.24, 2.45) is 5.92 Å². The molecule has 0 amide bonds. The molecule has 0 saturated carbocycles. The SMILES string of the molecule is COC(=O)C1CCN(c2nc(N3CCCCC3)nc(N3CCCCC3)n2)CC1.N.N.N.N.[HH].[HH].[HH].[HH]. The number of nitrogens with zero attached hydrogens (tertiary/aromatic N) is 6. The van der Waals surface area contributed by atoms with E-state index in [9.17, 15) is 4.79 Å². The lowest BCUT2D eigenvalue weighted by atomic mass is 9.97. The summed E-state index contributed by atoms with van der Waals surface area (Å²) in [4.78, 5) is 33.2. The lowest BCUT2D eigenvalue weighted by molar-refractivity contribution is -0.146. The zero-order valence-corrected chi connectivity index (χ0v) is 19.8. The highest BCUT2D eigenvalue weighted by Crippen LogP contribution is 2.27. The highest BCUT2D eigenvalue weighted by atomic mass is 16.5. The van der Waals surface area contributed by atoms with E-state index in [1.165, 1.54) is 45.6 Å². The van der Waals surface area contributed by atoms with Crippen molar-refractivity contribution in [3.05, 3.63) is 0 Å². The summed E-state index contributed by atoms with van der Waals surface area (Å²) in [7, 11) is 1.47. The fourth-order valence-corrected chi connectivity index (χ4v) is 4.44. The quantitative estimate of drug-likeness (QED) is 0.467. The molecule has 12 nitrogen and oxygen atoms in total. The van der Waals surface area contributed by atoms with Crippen LogP contribution < -0.4 is 39.3 Å². The van der Waals surface area contributed by atoms with Gasteiger partial charge in [0.25, 0.3) is 0 Å². The van der Waals surface area contributed by atoms with E-state index in [1.54, 1.807) is 0 Å². The number of methoxy groups -OCH3 is 1. The van der Waals surface area contributed by atoms with Crippen LogP contribution >= 0.6 is 0 Å². The topological polar surface area (TPSA) is 215 Å². The zero-order chi connectivity index (χ0) is 19.3. The highest BCUT2D eigenvalue weighted by Gasteiger charge is 2.28. The van der Waals surface area contributed by atoms with Gasteiger partial charge in [-0.15, -0.1) is 0 Å². The minimum atomic E-state index is -0.0988. The predicted molar refractivity (Wildman–Crippen MR) is 137 cm³/mol. The molecule has 12 heteroatoms. The fourth-order valence-electron chi connectivity index (χ4n) is 4.44. The maximum Gasteiger partial charge on any atom is 0.308 e. The summed E-state index contributed by atoms with van der Waals surface area (Å²) in [5.41, 5.74) is 0. The number of carbonyl (C=O) groups excluding carboxylic acids is 1. The number of carbonyl (C=O) groups is 1. The fraction of sp³-hybridized carbons (Fsp3) is 0.800. The van der Waals surface area contributed by atoms with Crippen LogP contribution in [0.15, 0.2) is 0 Å². The van der Waals surface area contributed by atoms with Crippen LogP contribution in [0, 0.1) is 5.92 Å². The Morgan fingerprint density at radius 2 is 1.03 bits per heavy atom. The van der Waals surface area contributed by atoms with Crippen molar-refractivity contribution in [2.45, 2.75) is 51.4 Å². The standard InChI is InChI=1S/C20H32N6O2.4H3N.4H2/c1-28-17(27)16-8-14-26(15-9-16)20-22-18(24-10-4-2-5-11-24)21-19(23-20)25-12-6-3-7-13-25;;;;;;;;/h16H,2-15H2,1H3;4*1H3;4*1H. The number of hydrogen-bond donors (Lipinski definition) is 4. The van der Waals surface area contributed by atoms with Gasteiger partial charge in [0.15, 0.2) is 0 Å². The van der Waals surface area contributed by atoms with Crippen LogP contribution in [0.3, 0.4) is 0 Å². The van der Waals surface area contributed by atoms with Gasteiger partial charge in [0.2, 0.25) is 17.8 Å². The number of aromatic nitrogens is 3. The van der Waals surface area contributed by atoms with Gasteiger partial charge in [-0.25, -0.2) is 0 Å². The average molecular weight is 465 g/mol. The third-order valence-corrected chi connectivity index (χ3v) is 6.19. The number of ether oxygens (including phenoxy) is 1. The Labute approximate surface area is 197 Å². The summed E-state index contributed by atoms with van der Waals surface area (Å²) >= 11 is 0. The second kappa shape index (κ2) is 14.0. The van der Waals surface area contributed by atoms with E-state index < -0.39 is 0 Å². The number of rotatable bonds is 4. The van der Waals surface area contributed by atoms with E-state index in [-0.39, 0.29) is 42.2 Å². The van der Waals surface area contributed by atoms with Crippen LogP contribution in [0.25, 0.3) is 0 Å². The van der Waals surface area contributed by atoms with Gasteiger partial charge in [-0.2, -0.15) is 15.0 Å². The molecule has 0 aliphatic carbocycles. The van der Waals surface area contributed by atoms with Crippen LogP contribution in [-0.4, -0.2) is 67.3 Å². The smallest absolute Gasteiger partial charge is 0.308 e. The molecule has 194 valence electrons. The van der Waals surface area contributed by atoms with E-state index in [2.05, 4.69) is 14.7 Å². The minimum absolute atomic E-state index is 0. The molecule has 3 saturated heterocycles. The molecule has 1 aromatic rings. The molecule has 12 N–H and O–H groups in total. The van der Waals surface area contributed by atoms with Gasteiger partial charge in [0.05, 0.1) is 13.0 Å². The predicted octanol–water partition coefficient (Wildman–Crippen LogP) is 3.87. The van der Waals surface area contributed by atoms with Crippen LogP contribution in [0.5, 0.6) is 0 Å². The number of anilines is 3. The molecule has 32 heavy (non-hydrogen) atoms. The maximum absolute atomic E-state index is 11.8. The first kappa shape index (κ1) is 29.7. The van der Waals surface area contributed by atoms with Crippen molar-refractivity contribution in [3.8, 4) is 0 Å². The molecule has 1 aromatic heterocycles. The Hall–Kier alpha value is -2.28. The first-order valence-electron chi connectivity index (χ1n) is 10.8. The largest absolute Gasteiger partial charge is 0.469 e. The van der Waals surface area contributed by atoms with Crippen LogP contribution in [-0.2, 0) is 9.53 Å². The Balaban J connectivity index is -0.000000400. The summed E-state index contributed by atoms with van der Waals surface area (Å²) in [5.74, 6) is 2.30. The minimum Gasteiger partial charge on any atom is -0.469 e. The van der Waals surface area contributed by atoms with Crippen molar-refractivity contribution in [1.82, 2.24) is 39.6 Å². The summed E-state index contributed by atoms with van der Waals surface area (Å²) in [6.45, 7) is 5.65. The second-order valence-corrected chi connectivity index (χ2v) is 8.12. The van der Waals surface area contributed by atoms with Crippen LogP contribution in [0.4, 0.5) is 17.8 Å². The molecule has 0 atom stereocenters. The molecular formula is C20H52N10O2. The number of hydrogen-bond acceptors (Lipinski definition) is 12. The number of esters is 1. The third-order valence-electron chi connectivity index (χ3n) is 6.19. The van der Waals surface area contributed by atoms with Gasteiger partial charge in [0.1, 0.15) is 0 Å². The van der Waals surface area contributed by atoms with Gasteiger partial charge in [-0.3, -0.25) is 4.79 Å². The summed E-state index contributed by atoms with van der Waals surface area (Å²) in [6, 6.07) is 0. The Bertz CT molecular complexity index is 654. The van der Waals surface area contributed by atoms with Crippen LogP contribution in [0.1, 0.15) is 57.1 Å². The van der Waals surface area contributed by atoms with Gasteiger partial charge >= 0.3 is 5.97 Å². The van der Waals surface area contributed by atoms with Gasteiger partial charge in [-0.05, 0) is 51.4 Å². The molecular weight excluding hydrogens is 412 g/mol. The maximum atomic E-state index is 11.8. The molecule has 4 heterocycles. The molecule has 4 rings (SSSR count). The summed E-state index contributed by atoms with van der Waals surface area (Å²) in [5, 5.41) is 0. The molecule has 3 aliphatic rings. The lowest BCUT2D eigenvalue weighted by Crippen LogP contribution is -2.39. The molecule has 0 bridgehead atoms. The third kappa shape index (κ3) is 6.86. The molecule has 0 aromatic carbocycles. The van der Waals surface area contributed by atoms with Crippen molar-refractivity contribution >= 4 is 23.8 Å². The Morgan fingerprint density at radius 3 is 1.38 bits per heavy atom. The van der Waals surface area contributed by atoms with Crippen molar-refractivity contribution in [1.29, 1.82) is 0 Å². The molecule has 3 fully saturated rings. The molecule has 0 radical (unpaired) electrons. The first-order chi connectivity index (χ1) is 13.7. The number of piperidine rings is 3. The normalized spacial score (nSPS) is 19.0. The summed E-state index contributed by atoms with van der Waals surface area (Å²) < 4.78 is 4.92. The van der Waals surface area contributed by atoms with Crippen molar-refractivity contribution < 1.29 is 15.2 Å². The highest BCUT2D eigenvalue weighted by molar-refractivity contribution is 5.72. The van der Waals surface area contributed by atoms with Gasteiger partial charge in [-0.1, -0.05) is 0 Å². The monoisotopic (exact) mass is 464 g/mol. The zero-order valence-electron chi connectivity index (χ0n) is 19.8. The average Bonchev–Trinajstić information content (AvgIpc) is 2.79. The van der Waals surface area contributed by atoms with Crippen LogP contribution in [0.2, 0.25) is 0 Å².